The molecule has 1 aliphatic rings. The molecule has 0 fully saturated rings. The van der Waals surface area contributed by atoms with Gasteiger partial charge in [0.05, 0.1) is 5.52 Å². The van der Waals surface area contributed by atoms with E-state index < -0.39 is 0 Å². The molecule has 0 amide bonds. The molecule has 4 heterocycles. The van der Waals surface area contributed by atoms with Crippen LogP contribution in [0.1, 0.15) is 69.2 Å². The van der Waals surface area contributed by atoms with Gasteiger partial charge in [0, 0.05) is 16.8 Å². The van der Waals surface area contributed by atoms with Crippen LogP contribution in [0, 0.1) is 0 Å². The van der Waals surface area contributed by atoms with E-state index in [-0.39, 0.29) is 0 Å². The maximum atomic E-state index is 5.12. The summed E-state index contributed by atoms with van der Waals surface area (Å²) < 4.78 is 3.17. The zero-order valence-electron chi connectivity index (χ0n) is 16.7. The number of unbranched alkanes of at least 4 members (excludes halogenated alkanes) is 1. The highest BCUT2D eigenvalue weighted by Gasteiger charge is 2.24. The number of fused-ring (bicyclic) bond motifs is 7. The second-order valence-electron chi connectivity index (χ2n) is 7.90. The molecule has 0 aromatic carbocycles. The fraction of sp³-hybridized carbons (Fsp3) is 0.524. The van der Waals surface area contributed by atoms with Gasteiger partial charge >= 0.3 is 0 Å². The Morgan fingerprint density at radius 2 is 2.00 bits per heavy atom. The Bertz CT molecular complexity index is 1170. The molecule has 5 rings (SSSR count). The molecular weight excluding hydrogens is 386 g/mol. The highest BCUT2D eigenvalue weighted by molar-refractivity contribution is 7.99. The van der Waals surface area contributed by atoms with Gasteiger partial charge in [0.15, 0.2) is 10.8 Å². The number of hydrogen-bond acceptors (Lipinski definition) is 6. The van der Waals surface area contributed by atoms with E-state index in [0.29, 0.717) is 5.92 Å². The second kappa shape index (κ2) is 7.26. The van der Waals surface area contributed by atoms with E-state index in [2.05, 4.69) is 31.0 Å². The number of aromatic nitrogens is 5. The molecular formula is C21H25N5S2. The van der Waals surface area contributed by atoms with Crippen molar-refractivity contribution in [3.63, 3.8) is 0 Å². The number of thioether (sulfide) groups is 1. The Kier molecular flexibility index (Phi) is 4.75. The van der Waals surface area contributed by atoms with E-state index in [9.17, 15) is 0 Å². The summed E-state index contributed by atoms with van der Waals surface area (Å²) in [6.45, 7) is 6.72. The van der Waals surface area contributed by atoms with Gasteiger partial charge in [0.1, 0.15) is 15.9 Å². The Morgan fingerprint density at radius 3 is 2.79 bits per heavy atom. The summed E-state index contributed by atoms with van der Waals surface area (Å²) in [7, 11) is 0. The number of rotatable bonds is 5. The Labute approximate surface area is 173 Å². The second-order valence-corrected chi connectivity index (χ2v) is 9.96. The van der Waals surface area contributed by atoms with Gasteiger partial charge < -0.3 is 0 Å². The lowest BCUT2D eigenvalue weighted by molar-refractivity contribution is 0.667. The van der Waals surface area contributed by atoms with Crippen LogP contribution >= 0.6 is 23.1 Å². The summed E-state index contributed by atoms with van der Waals surface area (Å²) in [4.78, 5) is 11.1. The SMILES string of the molecule is CCCCSc1nnc2c3sc4nc(C(C)C)c5c(c4c3ncn12)CCCC5. The smallest absolute Gasteiger partial charge is 0.196 e. The molecule has 0 atom stereocenters. The predicted molar refractivity (Wildman–Crippen MR) is 118 cm³/mol. The average Bonchev–Trinajstić information content (AvgIpc) is 3.28. The summed E-state index contributed by atoms with van der Waals surface area (Å²) in [6, 6.07) is 0. The van der Waals surface area contributed by atoms with Gasteiger partial charge in [-0.1, -0.05) is 39.0 Å². The summed E-state index contributed by atoms with van der Waals surface area (Å²) in [5.41, 5.74) is 6.23. The van der Waals surface area contributed by atoms with E-state index in [0.717, 1.165) is 44.4 Å². The molecule has 0 unspecified atom stereocenters. The number of thiophene rings is 1. The first kappa shape index (κ1) is 18.3. The molecule has 4 aromatic heterocycles. The first-order valence-corrected chi connectivity index (χ1v) is 12.1. The van der Waals surface area contributed by atoms with Crippen LogP contribution in [-0.4, -0.2) is 30.3 Å². The summed E-state index contributed by atoms with van der Waals surface area (Å²) in [6.07, 6.45) is 9.09. The highest BCUT2D eigenvalue weighted by Crippen LogP contribution is 2.41. The van der Waals surface area contributed by atoms with Crippen molar-refractivity contribution in [3.8, 4) is 0 Å². The maximum absolute atomic E-state index is 5.12. The minimum absolute atomic E-state index is 0.448. The van der Waals surface area contributed by atoms with Crippen LogP contribution in [0.5, 0.6) is 0 Å². The van der Waals surface area contributed by atoms with Crippen LogP contribution in [0.2, 0.25) is 0 Å². The van der Waals surface area contributed by atoms with Crippen molar-refractivity contribution in [2.45, 2.75) is 70.4 Å². The molecule has 28 heavy (non-hydrogen) atoms. The van der Waals surface area contributed by atoms with Crippen LogP contribution in [0.3, 0.4) is 0 Å². The van der Waals surface area contributed by atoms with Crippen molar-refractivity contribution >= 4 is 49.2 Å². The zero-order valence-corrected chi connectivity index (χ0v) is 18.3. The van der Waals surface area contributed by atoms with E-state index in [1.807, 2.05) is 10.7 Å². The fourth-order valence-electron chi connectivity index (χ4n) is 4.21. The molecule has 146 valence electrons. The quantitative estimate of drug-likeness (QED) is 0.308. The van der Waals surface area contributed by atoms with Crippen molar-refractivity contribution < 1.29 is 0 Å². The molecule has 0 spiro atoms. The van der Waals surface area contributed by atoms with Gasteiger partial charge in [-0.15, -0.1) is 21.5 Å². The molecule has 0 N–H and O–H groups in total. The van der Waals surface area contributed by atoms with Gasteiger partial charge in [0.2, 0.25) is 0 Å². The third-order valence-corrected chi connectivity index (χ3v) is 7.71. The standard InChI is InChI=1S/C21H25N5S2/c1-4-5-10-27-21-25-24-19-18-17(22-11-26(19)21)15-13-8-6-7-9-14(13)16(12(2)3)23-20(15)28-18/h11-12H,4-10H2,1-3H3. The lowest BCUT2D eigenvalue weighted by Crippen LogP contribution is -2.10. The van der Waals surface area contributed by atoms with Crippen molar-refractivity contribution in [2.75, 3.05) is 5.75 Å². The molecule has 0 radical (unpaired) electrons. The summed E-state index contributed by atoms with van der Waals surface area (Å²) in [5.74, 6) is 1.51. The lowest BCUT2D eigenvalue weighted by atomic mass is 9.86. The summed E-state index contributed by atoms with van der Waals surface area (Å²) >= 11 is 3.50. The van der Waals surface area contributed by atoms with Crippen LogP contribution in [0.15, 0.2) is 11.5 Å². The van der Waals surface area contributed by atoms with Crippen molar-refractivity contribution in [2.24, 2.45) is 0 Å². The molecule has 0 saturated heterocycles. The van der Waals surface area contributed by atoms with Crippen LogP contribution in [0.4, 0.5) is 0 Å². The van der Waals surface area contributed by atoms with Crippen molar-refractivity contribution in [1.82, 2.24) is 24.6 Å². The van der Waals surface area contributed by atoms with Gasteiger partial charge in [-0.25, -0.2) is 9.97 Å². The Balaban J connectivity index is 1.74. The number of aryl methyl sites for hydroxylation is 1. The zero-order chi connectivity index (χ0) is 19.3. The minimum atomic E-state index is 0.448. The average molecular weight is 412 g/mol. The third kappa shape index (κ3) is 2.82. The topological polar surface area (TPSA) is 56.0 Å². The number of hydrogen-bond donors (Lipinski definition) is 0. The lowest BCUT2D eigenvalue weighted by Gasteiger charge is -2.21. The third-order valence-electron chi connectivity index (χ3n) is 5.61. The van der Waals surface area contributed by atoms with E-state index in [4.69, 9.17) is 9.97 Å². The Morgan fingerprint density at radius 1 is 1.18 bits per heavy atom. The number of nitrogens with zero attached hydrogens (tertiary/aromatic N) is 5. The first-order valence-electron chi connectivity index (χ1n) is 10.3. The molecule has 1 aliphatic carbocycles. The number of pyridine rings is 1. The molecule has 5 nitrogen and oxygen atoms in total. The molecule has 4 aromatic rings. The van der Waals surface area contributed by atoms with Crippen LogP contribution < -0.4 is 0 Å². The molecule has 0 saturated carbocycles. The predicted octanol–water partition coefficient (Wildman–Crippen LogP) is 5.78. The van der Waals surface area contributed by atoms with Gasteiger partial charge in [0.25, 0.3) is 0 Å². The van der Waals surface area contributed by atoms with Crippen LogP contribution in [-0.2, 0) is 12.8 Å². The monoisotopic (exact) mass is 411 g/mol. The molecule has 0 bridgehead atoms. The van der Waals surface area contributed by atoms with Gasteiger partial charge in [-0.2, -0.15) is 0 Å². The van der Waals surface area contributed by atoms with Gasteiger partial charge in [-0.05, 0) is 49.1 Å². The maximum Gasteiger partial charge on any atom is 0.196 e. The summed E-state index contributed by atoms with van der Waals surface area (Å²) in [5, 5.41) is 11.2. The Hall–Kier alpha value is -1.73. The minimum Gasteiger partial charge on any atom is -0.259 e. The molecule has 0 aliphatic heterocycles. The normalized spacial score (nSPS) is 14.6. The van der Waals surface area contributed by atoms with Crippen LogP contribution in [0.25, 0.3) is 26.1 Å². The van der Waals surface area contributed by atoms with Gasteiger partial charge in [-0.3, -0.25) is 4.40 Å². The van der Waals surface area contributed by atoms with E-state index in [1.54, 1.807) is 23.1 Å². The van der Waals surface area contributed by atoms with Crippen molar-refractivity contribution in [3.05, 3.63) is 23.1 Å². The van der Waals surface area contributed by atoms with E-state index >= 15 is 0 Å². The molecule has 7 heteroatoms. The van der Waals surface area contributed by atoms with E-state index in [1.165, 1.54) is 47.9 Å². The highest BCUT2D eigenvalue weighted by atomic mass is 32.2. The van der Waals surface area contributed by atoms with Crippen molar-refractivity contribution in [1.29, 1.82) is 0 Å². The largest absolute Gasteiger partial charge is 0.259 e. The fourth-order valence-corrected chi connectivity index (χ4v) is 6.34. The first-order chi connectivity index (χ1) is 13.7.